The first kappa shape index (κ1) is 13.3. The molecule has 6 heteroatoms. The van der Waals surface area contributed by atoms with Crippen molar-refractivity contribution in [1.29, 1.82) is 0 Å². The molecule has 0 aliphatic carbocycles. The van der Waals surface area contributed by atoms with Crippen LogP contribution in [0.4, 0.5) is 0 Å². The molecule has 1 aromatic heterocycles. The van der Waals surface area contributed by atoms with E-state index in [9.17, 15) is 8.42 Å². The Morgan fingerprint density at radius 3 is 2.33 bits per heavy atom. The van der Waals surface area contributed by atoms with Crippen molar-refractivity contribution < 1.29 is 8.42 Å². The monoisotopic (exact) mass is 328 g/mol. The molecule has 0 bridgehead atoms. The quantitative estimate of drug-likeness (QED) is 0.869. The highest BCUT2D eigenvalue weighted by Crippen LogP contribution is 2.27. The maximum Gasteiger partial charge on any atom is 0.307 e. The molecule has 0 aliphatic rings. The van der Waals surface area contributed by atoms with Crippen molar-refractivity contribution in [2.24, 2.45) is 0 Å². The molecule has 0 aliphatic heterocycles. The van der Waals surface area contributed by atoms with Crippen LogP contribution in [0.1, 0.15) is 0 Å². The van der Waals surface area contributed by atoms with Crippen LogP contribution in [0.3, 0.4) is 0 Å². The lowest BCUT2D eigenvalue weighted by Crippen LogP contribution is -2.28. The van der Waals surface area contributed by atoms with E-state index in [0.717, 1.165) is 10.0 Å². The predicted molar refractivity (Wildman–Crippen MR) is 75.6 cm³/mol. The molecule has 0 spiro atoms. The molecule has 0 saturated heterocycles. The smallest absolute Gasteiger partial charge is 0.231 e. The Balaban J connectivity index is 2.65. The summed E-state index contributed by atoms with van der Waals surface area (Å²) in [6.07, 6.45) is 1.55. The Morgan fingerprint density at radius 1 is 1.17 bits per heavy atom. The van der Waals surface area contributed by atoms with Crippen LogP contribution in [0.15, 0.2) is 47.1 Å². The van der Waals surface area contributed by atoms with Crippen LogP contribution in [0.2, 0.25) is 0 Å². The summed E-state index contributed by atoms with van der Waals surface area (Å²) in [6, 6.07) is 11.2. The minimum absolute atomic E-state index is 0.635. The maximum atomic E-state index is 12.2. The highest BCUT2D eigenvalue weighted by molar-refractivity contribution is 9.10. The van der Waals surface area contributed by atoms with E-state index < -0.39 is 10.2 Å². The fraction of sp³-hybridized carbons (Fsp3) is 0.167. The Hall–Kier alpha value is -1.11. The first-order chi connectivity index (χ1) is 8.43. The minimum Gasteiger partial charge on any atom is -0.231 e. The van der Waals surface area contributed by atoms with Crippen LogP contribution in [0.5, 0.6) is 0 Å². The number of rotatable bonds is 3. The van der Waals surface area contributed by atoms with Gasteiger partial charge < -0.3 is 0 Å². The van der Waals surface area contributed by atoms with Crippen LogP contribution in [0, 0.1) is 0 Å². The summed E-state index contributed by atoms with van der Waals surface area (Å²) in [4.78, 5) is 0. The second kappa shape index (κ2) is 4.87. The average Bonchev–Trinajstić information content (AvgIpc) is 2.73. The lowest BCUT2D eigenvalue weighted by molar-refractivity contribution is 0.511. The Bertz CT molecular complexity index is 648. The van der Waals surface area contributed by atoms with Crippen LogP contribution in [0.25, 0.3) is 11.3 Å². The van der Waals surface area contributed by atoms with Gasteiger partial charge >= 0.3 is 10.2 Å². The summed E-state index contributed by atoms with van der Waals surface area (Å²) in [7, 11) is -0.491. The Morgan fingerprint density at radius 2 is 1.78 bits per heavy atom. The molecule has 0 saturated carbocycles. The van der Waals surface area contributed by atoms with Crippen molar-refractivity contribution in [3.05, 3.63) is 47.1 Å². The summed E-state index contributed by atoms with van der Waals surface area (Å²) in [5.74, 6) is 0. The first-order valence-corrected chi connectivity index (χ1v) is 7.48. The molecule has 0 N–H and O–H groups in total. The summed E-state index contributed by atoms with van der Waals surface area (Å²) >= 11 is 3.32. The number of aromatic nitrogens is 1. The van der Waals surface area contributed by atoms with Crippen molar-refractivity contribution >= 4 is 26.1 Å². The normalized spacial score (nSPS) is 12.0. The van der Waals surface area contributed by atoms with Gasteiger partial charge in [-0.25, -0.2) is 3.97 Å². The van der Waals surface area contributed by atoms with Gasteiger partial charge in [0.2, 0.25) is 0 Å². The molecule has 0 amide bonds. The number of nitrogens with zero attached hydrogens (tertiary/aromatic N) is 2. The van der Waals surface area contributed by atoms with E-state index in [1.807, 2.05) is 30.3 Å². The summed E-state index contributed by atoms with van der Waals surface area (Å²) in [6.45, 7) is 0. The minimum atomic E-state index is -3.51. The van der Waals surface area contributed by atoms with Gasteiger partial charge in [0, 0.05) is 24.8 Å². The van der Waals surface area contributed by atoms with Gasteiger partial charge in [0.05, 0.1) is 5.69 Å². The molecule has 1 aromatic carbocycles. The van der Waals surface area contributed by atoms with Gasteiger partial charge in [0.15, 0.2) is 0 Å². The largest absolute Gasteiger partial charge is 0.307 e. The summed E-state index contributed by atoms with van der Waals surface area (Å²) < 4.78 is 27.6. The SMILES string of the molecule is CN(C)S(=O)(=O)n1cc(Br)cc1-c1ccccc1. The molecular weight excluding hydrogens is 316 g/mol. The maximum absolute atomic E-state index is 12.2. The van der Waals surface area contributed by atoms with Gasteiger partial charge in [0.1, 0.15) is 0 Å². The van der Waals surface area contributed by atoms with Gasteiger partial charge in [-0.05, 0) is 27.6 Å². The van der Waals surface area contributed by atoms with E-state index >= 15 is 0 Å². The standard InChI is InChI=1S/C12H13BrN2O2S/c1-14(2)18(16,17)15-9-11(13)8-12(15)10-6-4-3-5-7-10/h3-9H,1-2H3. The molecule has 1 heterocycles. The first-order valence-electron chi connectivity index (χ1n) is 5.29. The van der Waals surface area contributed by atoms with Crippen molar-refractivity contribution in [3.8, 4) is 11.3 Å². The van der Waals surface area contributed by atoms with Crippen molar-refractivity contribution in [1.82, 2.24) is 8.28 Å². The average molecular weight is 329 g/mol. The third kappa shape index (κ3) is 2.36. The highest BCUT2D eigenvalue weighted by Gasteiger charge is 2.20. The molecule has 2 aromatic rings. The van der Waals surface area contributed by atoms with Gasteiger partial charge in [-0.3, -0.25) is 0 Å². The van der Waals surface area contributed by atoms with Crippen molar-refractivity contribution in [2.45, 2.75) is 0 Å². The van der Waals surface area contributed by atoms with Crippen LogP contribution in [-0.4, -0.2) is 30.8 Å². The van der Waals surface area contributed by atoms with Crippen molar-refractivity contribution in [2.75, 3.05) is 14.1 Å². The number of hydrogen-bond donors (Lipinski definition) is 0. The third-order valence-electron chi connectivity index (χ3n) is 2.53. The second-order valence-corrected chi connectivity index (χ2v) is 6.93. The van der Waals surface area contributed by atoms with E-state index in [2.05, 4.69) is 15.9 Å². The van der Waals surface area contributed by atoms with Gasteiger partial charge in [0.25, 0.3) is 0 Å². The zero-order valence-corrected chi connectivity index (χ0v) is 12.4. The number of benzene rings is 1. The van der Waals surface area contributed by atoms with E-state index in [0.29, 0.717) is 5.69 Å². The second-order valence-electron chi connectivity index (χ2n) is 4.00. The van der Waals surface area contributed by atoms with Crippen LogP contribution >= 0.6 is 15.9 Å². The molecular formula is C12H13BrN2O2S. The van der Waals surface area contributed by atoms with Crippen molar-refractivity contribution in [3.63, 3.8) is 0 Å². The molecule has 96 valence electrons. The fourth-order valence-electron chi connectivity index (χ4n) is 1.60. The molecule has 0 atom stereocenters. The van der Waals surface area contributed by atoms with Gasteiger partial charge in [-0.2, -0.15) is 12.7 Å². The van der Waals surface area contributed by atoms with Gasteiger partial charge in [-0.15, -0.1) is 0 Å². The number of hydrogen-bond acceptors (Lipinski definition) is 2. The molecule has 18 heavy (non-hydrogen) atoms. The number of halogens is 1. The van der Waals surface area contributed by atoms with E-state index in [1.165, 1.54) is 22.4 Å². The Labute approximate surface area is 115 Å². The van der Waals surface area contributed by atoms with E-state index in [-0.39, 0.29) is 0 Å². The molecule has 4 nitrogen and oxygen atoms in total. The van der Waals surface area contributed by atoms with E-state index in [1.54, 1.807) is 12.3 Å². The summed E-state index contributed by atoms with van der Waals surface area (Å²) in [5.41, 5.74) is 1.49. The molecule has 0 fully saturated rings. The fourth-order valence-corrected chi connectivity index (χ4v) is 3.16. The zero-order chi connectivity index (χ0) is 13.3. The highest BCUT2D eigenvalue weighted by atomic mass is 79.9. The molecule has 0 unspecified atom stereocenters. The lowest BCUT2D eigenvalue weighted by Gasteiger charge is -2.15. The van der Waals surface area contributed by atoms with Crippen LogP contribution in [-0.2, 0) is 10.2 Å². The third-order valence-corrected chi connectivity index (χ3v) is 4.69. The predicted octanol–water partition coefficient (Wildman–Crippen LogP) is 2.57. The molecule has 0 radical (unpaired) electrons. The van der Waals surface area contributed by atoms with Gasteiger partial charge in [-0.1, -0.05) is 30.3 Å². The Kier molecular flexibility index (Phi) is 3.61. The topological polar surface area (TPSA) is 42.3 Å². The zero-order valence-electron chi connectivity index (χ0n) is 10.0. The van der Waals surface area contributed by atoms with Crippen LogP contribution < -0.4 is 0 Å². The molecule has 2 rings (SSSR count). The summed E-state index contributed by atoms with van der Waals surface area (Å²) in [5, 5.41) is 0. The lowest BCUT2D eigenvalue weighted by atomic mass is 10.2. The van der Waals surface area contributed by atoms with E-state index in [4.69, 9.17) is 0 Å².